The second-order valence-corrected chi connectivity index (χ2v) is 12.2. The van der Waals surface area contributed by atoms with Gasteiger partial charge in [0.05, 0.1) is 15.5 Å². The fourth-order valence-electron chi connectivity index (χ4n) is 3.90. The molecule has 0 unspecified atom stereocenters. The molecule has 1 heterocycles. The Morgan fingerprint density at radius 2 is 1.46 bits per heavy atom. The molecule has 0 atom stereocenters. The Bertz CT molecular complexity index is 1400. The van der Waals surface area contributed by atoms with Gasteiger partial charge in [-0.15, -0.1) is 0 Å². The highest BCUT2D eigenvalue weighted by Crippen LogP contribution is 2.24. The van der Waals surface area contributed by atoms with E-state index in [1.807, 2.05) is 0 Å². The van der Waals surface area contributed by atoms with Crippen LogP contribution >= 0.6 is 0 Å². The van der Waals surface area contributed by atoms with Crippen LogP contribution in [0.25, 0.3) is 0 Å². The van der Waals surface area contributed by atoms with Gasteiger partial charge in [0.2, 0.25) is 10.0 Å². The first-order valence-electron chi connectivity index (χ1n) is 11.3. The summed E-state index contributed by atoms with van der Waals surface area (Å²) in [5.41, 5.74) is 1.07. The molecule has 3 aromatic rings. The first-order chi connectivity index (χ1) is 16.7. The lowest BCUT2D eigenvalue weighted by molar-refractivity contribution is 0.102. The number of carbonyl (C=O) groups excluding carboxylic acids is 1. The number of piperidine rings is 1. The summed E-state index contributed by atoms with van der Waals surface area (Å²) in [5, 5.41) is 2.70. The fraction of sp³-hybridized carbons (Fsp3) is 0.240. The van der Waals surface area contributed by atoms with Crippen LogP contribution in [-0.4, -0.2) is 47.2 Å². The van der Waals surface area contributed by atoms with E-state index >= 15 is 0 Å². The SMILES string of the molecule is CN(c1ccccc1)S(=O)(=O)c1cccc(C(=O)Nc2ccc(S(=O)(=O)N3CCCCC3)cc2)c1. The standard InChI is InChI=1S/C25H27N3O5S2/c1-27(22-10-4-2-5-11-22)34(30,31)24-12-8-9-20(19-24)25(29)26-21-13-15-23(16-14-21)35(32,33)28-17-6-3-7-18-28/h2,4-5,8-16,19H,3,6-7,17-18H2,1H3,(H,26,29). The Morgan fingerprint density at radius 3 is 2.11 bits per heavy atom. The normalized spacial score (nSPS) is 14.9. The smallest absolute Gasteiger partial charge is 0.264 e. The van der Waals surface area contributed by atoms with Gasteiger partial charge in [-0.1, -0.05) is 30.7 Å². The third kappa shape index (κ3) is 5.39. The number of carbonyl (C=O) groups is 1. The zero-order valence-corrected chi connectivity index (χ0v) is 20.9. The minimum Gasteiger partial charge on any atom is -0.322 e. The van der Waals surface area contributed by atoms with Crippen LogP contribution in [0.4, 0.5) is 11.4 Å². The summed E-state index contributed by atoms with van der Waals surface area (Å²) in [7, 11) is -5.98. The van der Waals surface area contributed by atoms with Gasteiger partial charge in [0.1, 0.15) is 0 Å². The number of hydrogen-bond acceptors (Lipinski definition) is 5. The molecule has 0 spiro atoms. The molecule has 35 heavy (non-hydrogen) atoms. The topological polar surface area (TPSA) is 104 Å². The van der Waals surface area contributed by atoms with Crippen molar-refractivity contribution in [1.82, 2.24) is 4.31 Å². The van der Waals surface area contributed by atoms with E-state index in [0.717, 1.165) is 23.6 Å². The highest BCUT2D eigenvalue weighted by molar-refractivity contribution is 7.92. The molecule has 0 saturated carbocycles. The van der Waals surface area contributed by atoms with Crippen LogP contribution in [0.15, 0.2) is 88.7 Å². The van der Waals surface area contributed by atoms with Crippen molar-refractivity contribution in [2.75, 3.05) is 29.8 Å². The fourth-order valence-corrected chi connectivity index (χ4v) is 6.66. The maximum Gasteiger partial charge on any atom is 0.264 e. The van der Waals surface area contributed by atoms with Gasteiger partial charge in [0.25, 0.3) is 15.9 Å². The molecule has 0 aromatic heterocycles. The maximum absolute atomic E-state index is 13.1. The van der Waals surface area contributed by atoms with Crippen LogP contribution in [0, 0.1) is 0 Å². The second-order valence-electron chi connectivity index (χ2n) is 8.28. The zero-order chi connectivity index (χ0) is 25.1. The average molecular weight is 514 g/mol. The van der Waals surface area contributed by atoms with Crippen molar-refractivity contribution in [2.24, 2.45) is 0 Å². The molecule has 8 nitrogen and oxygen atoms in total. The quantitative estimate of drug-likeness (QED) is 0.515. The van der Waals surface area contributed by atoms with Gasteiger partial charge in [-0.3, -0.25) is 9.10 Å². The van der Waals surface area contributed by atoms with Crippen LogP contribution in [0.2, 0.25) is 0 Å². The molecule has 1 aliphatic rings. The van der Waals surface area contributed by atoms with Gasteiger partial charge in [-0.2, -0.15) is 4.31 Å². The zero-order valence-electron chi connectivity index (χ0n) is 19.3. The van der Waals surface area contributed by atoms with Crippen molar-refractivity contribution in [1.29, 1.82) is 0 Å². The van der Waals surface area contributed by atoms with Crippen molar-refractivity contribution in [3.8, 4) is 0 Å². The molecule has 0 aliphatic carbocycles. The Hall–Kier alpha value is -3.21. The first-order valence-corrected chi connectivity index (χ1v) is 14.1. The lowest BCUT2D eigenvalue weighted by atomic mass is 10.2. The van der Waals surface area contributed by atoms with E-state index < -0.39 is 26.0 Å². The van der Waals surface area contributed by atoms with Crippen LogP contribution in [-0.2, 0) is 20.0 Å². The van der Waals surface area contributed by atoms with E-state index in [9.17, 15) is 21.6 Å². The number of hydrogen-bond donors (Lipinski definition) is 1. The molecule has 3 aromatic carbocycles. The summed E-state index contributed by atoms with van der Waals surface area (Å²) in [5.74, 6) is -0.504. The summed E-state index contributed by atoms with van der Waals surface area (Å²) in [6.45, 7) is 1.03. The molecule has 4 rings (SSSR count). The van der Waals surface area contributed by atoms with E-state index in [0.29, 0.717) is 24.5 Å². The Kier molecular flexibility index (Phi) is 7.25. The minimum absolute atomic E-state index is 0.0144. The van der Waals surface area contributed by atoms with Crippen molar-refractivity contribution in [3.05, 3.63) is 84.4 Å². The highest BCUT2D eigenvalue weighted by Gasteiger charge is 2.26. The summed E-state index contributed by atoms with van der Waals surface area (Å²) >= 11 is 0. The van der Waals surface area contributed by atoms with Crippen LogP contribution in [0.5, 0.6) is 0 Å². The van der Waals surface area contributed by atoms with Crippen LogP contribution < -0.4 is 9.62 Å². The number of para-hydroxylation sites is 1. The lowest BCUT2D eigenvalue weighted by Gasteiger charge is -2.25. The second kappa shape index (κ2) is 10.2. The summed E-state index contributed by atoms with van der Waals surface area (Å²) < 4.78 is 54.4. The van der Waals surface area contributed by atoms with Crippen molar-refractivity contribution in [3.63, 3.8) is 0 Å². The molecule has 1 amide bonds. The van der Waals surface area contributed by atoms with E-state index in [2.05, 4.69) is 5.32 Å². The number of rotatable bonds is 7. The number of benzene rings is 3. The molecular weight excluding hydrogens is 486 g/mol. The first kappa shape index (κ1) is 24.9. The summed E-state index contributed by atoms with van der Waals surface area (Å²) in [4.78, 5) is 13.0. The average Bonchev–Trinajstić information content (AvgIpc) is 2.89. The van der Waals surface area contributed by atoms with Crippen LogP contribution in [0.3, 0.4) is 0 Å². The van der Waals surface area contributed by atoms with Gasteiger partial charge >= 0.3 is 0 Å². The number of anilines is 2. The lowest BCUT2D eigenvalue weighted by Crippen LogP contribution is -2.35. The minimum atomic E-state index is -3.87. The van der Waals surface area contributed by atoms with E-state index in [1.54, 1.807) is 30.3 Å². The van der Waals surface area contributed by atoms with Gasteiger partial charge in [0, 0.05) is 31.4 Å². The van der Waals surface area contributed by atoms with Gasteiger partial charge in [-0.05, 0) is 67.4 Å². The van der Waals surface area contributed by atoms with Crippen molar-refractivity contribution in [2.45, 2.75) is 29.1 Å². The summed E-state index contributed by atoms with van der Waals surface area (Å²) in [6, 6.07) is 20.4. The van der Waals surface area contributed by atoms with Gasteiger partial charge < -0.3 is 5.32 Å². The van der Waals surface area contributed by atoms with E-state index in [4.69, 9.17) is 0 Å². The molecule has 1 N–H and O–H groups in total. The van der Waals surface area contributed by atoms with E-state index in [-0.39, 0.29) is 15.4 Å². The largest absolute Gasteiger partial charge is 0.322 e. The molecule has 0 radical (unpaired) electrons. The third-order valence-electron chi connectivity index (χ3n) is 5.94. The van der Waals surface area contributed by atoms with Gasteiger partial charge in [-0.25, -0.2) is 16.8 Å². The molecule has 0 bridgehead atoms. The Balaban J connectivity index is 1.49. The number of nitrogens with one attached hydrogen (secondary N) is 1. The highest BCUT2D eigenvalue weighted by atomic mass is 32.2. The Labute approximate surface area is 206 Å². The van der Waals surface area contributed by atoms with E-state index in [1.165, 1.54) is 59.9 Å². The molecule has 184 valence electrons. The molecule has 1 saturated heterocycles. The molecule has 1 aliphatic heterocycles. The van der Waals surface area contributed by atoms with Crippen molar-refractivity contribution < 1.29 is 21.6 Å². The number of nitrogens with zero attached hydrogens (tertiary/aromatic N) is 2. The molecule has 10 heteroatoms. The predicted molar refractivity (Wildman–Crippen MR) is 135 cm³/mol. The maximum atomic E-state index is 13.1. The van der Waals surface area contributed by atoms with Crippen LogP contribution in [0.1, 0.15) is 29.6 Å². The van der Waals surface area contributed by atoms with Gasteiger partial charge in [0.15, 0.2) is 0 Å². The number of sulfonamides is 2. The summed E-state index contributed by atoms with van der Waals surface area (Å²) in [6.07, 6.45) is 2.73. The molecule has 1 fully saturated rings. The molecular formula is C25H27N3O5S2. The van der Waals surface area contributed by atoms with Crippen molar-refractivity contribution >= 4 is 37.3 Å². The Morgan fingerprint density at radius 1 is 0.800 bits per heavy atom. The monoisotopic (exact) mass is 513 g/mol. The predicted octanol–water partition coefficient (Wildman–Crippen LogP) is 3.94. The third-order valence-corrected chi connectivity index (χ3v) is 9.63. The number of amides is 1.